The Morgan fingerprint density at radius 1 is 0.353 bits per heavy atom. The van der Waals surface area contributed by atoms with E-state index < -0.39 is 90.8 Å². The summed E-state index contributed by atoms with van der Waals surface area (Å²) in [6, 6.07) is 6.27. The fourth-order valence-corrected chi connectivity index (χ4v) is 27.0. The Morgan fingerprint density at radius 3 is 1.01 bits per heavy atom. The Bertz CT molecular complexity index is 6630. The average molecular weight is 2080 g/mol. The number of nitrogens with zero attached hydrogens (tertiary/aromatic N) is 6. The standard InChI is InChI=1S/C28H38N4O6.C28H38N4O5.C27H34N4O7.C27H36N4O6/c1-12-7-15-9-17-22-21-16(8-13(2)26(38-6)24(21)34)10-18(31(22)4)28(36)32(17)19(11-30-27(35)14(3)29)20(15)23(33)25(12)37-5;1-13-7-16-9-18-12-32-19(23(31(18)4)22(16)25(34)27(13)37-6)10-17-8-14(2)26(36-5)24(33)21(17)20(32)11-30-28(35)15(3)29;1-10-6-13-7-15-27(36)31-16(20(30-15)18(13)22(33)24(10)37-4)8-14-19(17(31)9-29-26(35)12(3)28)23(34)25(38-5)11(2)21(14)32;1-11-6-14-8-16-27(35)31-17(21(30-16)20(14)23(33)25(11)37-5)9-15-7-12(2)24(36-4)22(32)19(15)18(31)10-29-26(34)13(3)28/h7-8,14,17-19,22,28,33-34,36H,9-11,29H2,1-6H3,(H,30,35);7-8,15,18-20,23,33-34H,9-12,29H2,1-6H3,(H,30,35);6,12,15-17,20,27,30,33,36H,7-9,28H2,1-5H3,(H,29,35);6-7,13,16-18,21,27,30,32-33,35H,8-10,28H2,1-5H3,(H,29,34)/t;;12?,15?,16?,17?,20?,27-;/m..0./s1. The second-order valence-corrected chi connectivity index (χ2v) is 42.6. The molecule has 0 saturated carbocycles. The van der Waals surface area contributed by atoms with Crippen LogP contribution < -0.4 is 88.0 Å². The third kappa shape index (κ3) is 18.2. The fraction of sp³-hybridized carbons (Fsp3) is 0.527. The summed E-state index contributed by atoms with van der Waals surface area (Å²) in [4.78, 5) is 89.7. The third-order valence-corrected chi connectivity index (χ3v) is 33.6. The zero-order valence-corrected chi connectivity index (χ0v) is 89.2. The van der Waals surface area contributed by atoms with Gasteiger partial charge in [-0.15, -0.1) is 0 Å². The molecule has 7 aromatic rings. The van der Waals surface area contributed by atoms with Crippen molar-refractivity contribution in [3.8, 4) is 80.5 Å². The van der Waals surface area contributed by atoms with Crippen molar-refractivity contribution < 1.29 is 118 Å². The maximum atomic E-state index is 13.6. The van der Waals surface area contributed by atoms with Crippen LogP contribution in [-0.4, -0.2) is 317 Å². The van der Waals surface area contributed by atoms with Gasteiger partial charge >= 0.3 is 0 Å². The first-order valence-corrected chi connectivity index (χ1v) is 51.2. The summed E-state index contributed by atoms with van der Waals surface area (Å²) in [5.74, 6) is 1.47. The number of nitrogens with two attached hydrogens (primary N) is 4. The second kappa shape index (κ2) is 42.4. The number of ether oxygens (including phenoxy) is 8. The topological polar surface area (TPSA) is 574 Å². The minimum absolute atomic E-state index is 0.00688. The fourth-order valence-electron chi connectivity index (χ4n) is 27.0. The number of allylic oxidation sites excluding steroid dienone is 2. The van der Waals surface area contributed by atoms with E-state index in [0.717, 1.165) is 113 Å². The number of methoxy groups -OCH3 is 8. The number of Topliss-reactive ketones (excluding diaryl/α,β-unsaturated/α-hetero) is 2. The zero-order valence-electron chi connectivity index (χ0n) is 89.2. The van der Waals surface area contributed by atoms with Crippen molar-refractivity contribution in [2.45, 2.75) is 274 Å². The molecule has 23 atom stereocenters. The van der Waals surface area contributed by atoms with Crippen LogP contribution in [-0.2, 0) is 78.4 Å². The van der Waals surface area contributed by atoms with Crippen LogP contribution in [0.4, 0.5) is 0 Å². The van der Waals surface area contributed by atoms with Gasteiger partial charge in [0.15, 0.2) is 92.0 Å². The monoisotopic (exact) mass is 2080 g/mol. The number of hydrogen-bond donors (Lipinski definition) is 20. The SMILES string of the molecule is COC1=C(C)C(=O)C2=C(C1=O)C(CNC(=O)C(C)N)N1C(C2)C2NC(Cc3cc(C)c(OC)c(O)c32)[C@@H]1O.COc1c(C)cc2c(c1O)C1C3Cc4cc(C)c(OC)c(O)c4C(CNC(=O)C(C)N)N3C(O)C(C2)N1C.COc1c(C)cc2c(c1O)C1C3Cc4cc(C)c(OC)c(O)c4C(CNC(=O)C(C)N)N3CC(C2)N1C.COc1c(C)cc2c(c1O)C1NC(C2)C(O)N2C(CNC(=O)C(C)N)c3c(cc(C)c(OC)c3O)CC12. The molecule has 12 heterocycles. The molecule has 4 amide bonds. The van der Waals surface area contributed by atoms with E-state index in [9.17, 15) is 79.8 Å². The lowest BCUT2D eigenvalue weighted by molar-refractivity contribution is -0.172. The van der Waals surface area contributed by atoms with Gasteiger partial charge in [-0.05, 0) is 226 Å². The van der Waals surface area contributed by atoms with Crippen LogP contribution in [0.15, 0.2) is 64.9 Å². The highest BCUT2D eigenvalue weighted by molar-refractivity contribution is 6.25. The van der Waals surface area contributed by atoms with Gasteiger partial charge in [0.05, 0.1) is 148 Å². The van der Waals surface area contributed by atoms with E-state index in [2.05, 4.69) is 65.8 Å². The summed E-state index contributed by atoms with van der Waals surface area (Å²) in [6.45, 7) is 22.6. The number of piperazine rings is 4. The molecule has 1 aliphatic carbocycles. The van der Waals surface area contributed by atoms with E-state index in [4.69, 9.17) is 60.8 Å². The van der Waals surface area contributed by atoms with Gasteiger partial charge < -0.3 is 144 Å². The molecular formula is C110H146N16O24. The molecule has 150 heavy (non-hydrogen) atoms. The molecule has 24 N–H and O–H groups in total. The molecule has 40 heteroatoms. The summed E-state index contributed by atoms with van der Waals surface area (Å²) >= 11 is 0. The molecule has 810 valence electrons. The number of carbonyl (C=O) groups is 6. The molecule has 0 radical (unpaired) electrons. The van der Waals surface area contributed by atoms with E-state index >= 15 is 0 Å². The van der Waals surface area contributed by atoms with Crippen LogP contribution in [0.1, 0.15) is 200 Å². The first kappa shape index (κ1) is 109. The number of aliphatic hydroxyl groups is 3. The van der Waals surface area contributed by atoms with Crippen molar-refractivity contribution in [3.05, 3.63) is 182 Å². The number of carbonyl (C=O) groups excluding carboxylic acids is 6. The third-order valence-electron chi connectivity index (χ3n) is 33.6. The molecule has 8 bridgehead atoms. The van der Waals surface area contributed by atoms with Gasteiger partial charge in [-0.2, -0.15) is 0 Å². The number of nitrogens with one attached hydrogen (secondary N) is 6. The number of aromatic hydroxyl groups is 7. The average Bonchev–Trinajstić information content (AvgIpc) is 0.710. The number of rotatable bonds is 20. The first-order chi connectivity index (χ1) is 71.2. The van der Waals surface area contributed by atoms with E-state index in [1.165, 1.54) is 35.5 Å². The second-order valence-electron chi connectivity index (χ2n) is 42.6. The Labute approximate surface area is 872 Å². The Kier molecular flexibility index (Phi) is 30.7. The number of phenolic OH excluding ortho intramolecular Hbond substituents is 7. The first-order valence-electron chi connectivity index (χ1n) is 51.2. The van der Waals surface area contributed by atoms with Gasteiger partial charge in [0.1, 0.15) is 18.7 Å². The number of aryl methyl sites for hydroxylation is 7. The molecule has 4 fully saturated rings. The number of ketones is 2. The highest BCUT2D eigenvalue weighted by Crippen LogP contribution is 2.61. The van der Waals surface area contributed by atoms with Gasteiger partial charge in [0.25, 0.3) is 0 Å². The van der Waals surface area contributed by atoms with Crippen LogP contribution >= 0.6 is 0 Å². The van der Waals surface area contributed by atoms with E-state index in [0.29, 0.717) is 108 Å². The van der Waals surface area contributed by atoms with Crippen LogP contribution in [0, 0.1) is 48.5 Å². The van der Waals surface area contributed by atoms with Gasteiger partial charge in [0.2, 0.25) is 29.4 Å². The molecule has 22 unspecified atom stereocenters. The van der Waals surface area contributed by atoms with Gasteiger partial charge in [-0.25, -0.2) is 0 Å². The molecule has 40 nitrogen and oxygen atoms in total. The lowest BCUT2D eigenvalue weighted by Crippen LogP contribution is -2.71. The lowest BCUT2D eigenvalue weighted by atomic mass is 9.71. The van der Waals surface area contributed by atoms with Gasteiger partial charge in [-0.3, -0.25) is 58.2 Å². The minimum atomic E-state index is -1.04. The number of likely N-dealkylation sites (N-methyl/N-ethyl adjacent to an activating group) is 2. The normalized spacial score (nSPS) is 27.2. The number of fused-ring (bicyclic) bond motifs is 27. The van der Waals surface area contributed by atoms with Crippen molar-refractivity contribution >= 4 is 35.2 Å². The number of amides is 4. The van der Waals surface area contributed by atoms with Crippen LogP contribution in [0.2, 0.25) is 0 Å². The van der Waals surface area contributed by atoms with Gasteiger partial charge in [0, 0.05) is 119 Å². The van der Waals surface area contributed by atoms with Crippen LogP contribution in [0.5, 0.6) is 80.5 Å². The largest absolute Gasteiger partial charge is 0.504 e. The molecule has 0 spiro atoms. The summed E-state index contributed by atoms with van der Waals surface area (Å²) in [7, 11) is 16.2. The smallest absolute Gasteiger partial charge is 0.236 e. The zero-order chi connectivity index (χ0) is 109. The summed E-state index contributed by atoms with van der Waals surface area (Å²) in [5.41, 5.74) is 41.8. The Balaban J connectivity index is 0.000000136. The Morgan fingerprint density at radius 2 is 0.640 bits per heavy atom. The van der Waals surface area contributed by atoms with Crippen LogP contribution in [0.25, 0.3) is 0 Å². The molecule has 12 aliphatic heterocycles. The van der Waals surface area contributed by atoms with E-state index in [-0.39, 0.29) is 167 Å². The number of benzene rings is 7. The van der Waals surface area contributed by atoms with Crippen LogP contribution in [0.3, 0.4) is 0 Å². The van der Waals surface area contributed by atoms with Crippen molar-refractivity contribution in [2.75, 3.05) is 104 Å². The quantitative estimate of drug-likeness (QED) is 0.0470. The summed E-state index contributed by atoms with van der Waals surface area (Å²) in [6.07, 6.45) is 1.26. The van der Waals surface area contributed by atoms with Crippen molar-refractivity contribution in [2.24, 2.45) is 22.9 Å². The summed E-state index contributed by atoms with van der Waals surface area (Å²) < 4.78 is 44.0. The molecule has 20 rings (SSSR count). The minimum Gasteiger partial charge on any atom is -0.504 e. The number of hydrogen-bond acceptors (Lipinski definition) is 36. The molecule has 7 aromatic carbocycles. The molecular weight excluding hydrogens is 1930 g/mol. The van der Waals surface area contributed by atoms with E-state index in [1.807, 2.05) is 95.6 Å². The molecule has 0 aromatic heterocycles. The number of aliphatic hydroxyl groups excluding tert-OH is 3. The molecule has 13 aliphatic rings. The van der Waals surface area contributed by atoms with E-state index in [1.54, 1.807) is 60.8 Å². The molecule has 4 saturated heterocycles. The van der Waals surface area contributed by atoms with Crippen molar-refractivity contribution in [3.63, 3.8) is 0 Å². The highest BCUT2D eigenvalue weighted by Gasteiger charge is 2.61. The Hall–Kier alpha value is -12.4. The van der Waals surface area contributed by atoms with Crippen molar-refractivity contribution in [1.29, 1.82) is 0 Å². The predicted octanol–water partition coefficient (Wildman–Crippen LogP) is 4.39. The maximum Gasteiger partial charge on any atom is 0.236 e. The number of phenols is 7. The highest BCUT2D eigenvalue weighted by atomic mass is 16.5. The predicted molar refractivity (Wildman–Crippen MR) is 555 cm³/mol. The van der Waals surface area contributed by atoms with Gasteiger partial charge in [-0.1, -0.05) is 42.5 Å². The lowest BCUT2D eigenvalue weighted by Gasteiger charge is -2.60. The van der Waals surface area contributed by atoms with Crippen molar-refractivity contribution in [1.82, 2.24) is 61.3 Å². The summed E-state index contributed by atoms with van der Waals surface area (Å²) in [5, 5.41) is 133. The maximum absolute atomic E-state index is 13.6.